The second-order valence-electron chi connectivity index (χ2n) is 4.95. The Bertz CT molecular complexity index is 646. The first-order chi connectivity index (χ1) is 10.3. The lowest BCUT2D eigenvalue weighted by Gasteiger charge is -2.11. The van der Waals surface area contributed by atoms with Crippen molar-refractivity contribution < 1.29 is 14.3 Å². The second kappa shape index (κ2) is 7.13. The van der Waals surface area contributed by atoms with Gasteiger partial charge in [-0.15, -0.1) is 0 Å². The molecule has 1 amide bonds. The van der Waals surface area contributed by atoms with Crippen molar-refractivity contribution in [3.63, 3.8) is 0 Å². The quantitative estimate of drug-likeness (QED) is 0.873. The summed E-state index contributed by atoms with van der Waals surface area (Å²) >= 11 is 11.7. The zero-order chi connectivity index (χ0) is 16.3. The smallest absolute Gasteiger partial charge is 0.223 e. The summed E-state index contributed by atoms with van der Waals surface area (Å²) in [4.78, 5) is 16.0. The number of aliphatic hydroxyl groups is 1. The van der Waals surface area contributed by atoms with Gasteiger partial charge >= 0.3 is 0 Å². The number of rotatable bonds is 5. The highest BCUT2D eigenvalue weighted by molar-refractivity contribution is 6.34. The molecule has 1 aromatic heterocycles. The van der Waals surface area contributed by atoms with Crippen molar-refractivity contribution in [1.82, 2.24) is 10.3 Å². The number of amides is 1. The molecule has 1 unspecified atom stereocenters. The fourth-order valence-electron chi connectivity index (χ4n) is 1.92. The van der Waals surface area contributed by atoms with Gasteiger partial charge in [0.25, 0.3) is 0 Å². The minimum Gasteiger partial charge on any atom is -0.444 e. The van der Waals surface area contributed by atoms with Crippen LogP contribution in [0.4, 0.5) is 0 Å². The monoisotopic (exact) mass is 342 g/mol. The Morgan fingerprint density at radius 3 is 2.50 bits per heavy atom. The van der Waals surface area contributed by atoms with E-state index in [-0.39, 0.29) is 18.9 Å². The molecule has 1 atom stereocenters. The van der Waals surface area contributed by atoms with Crippen LogP contribution in [-0.2, 0) is 11.3 Å². The number of oxazole rings is 1. The normalized spacial score (nSPS) is 12.2. The lowest BCUT2D eigenvalue weighted by atomic mass is 10.1. The summed E-state index contributed by atoms with van der Waals surface area (Å²) in [7, 11) is 0. The lowest BCUT2D eigenvalue weighted by molar-refractivity contribution is -0.123. The standard InChI is InChI=1S/C15H16Cl2N2O3/c1-8-9(2)22-15(19-8)7-18-14(21)6-13(20)10-3-11(16)5-12(17)4-10/h3-5,13,20H,6-7H2,1-2H3,(H,18,21). The van der Waals surface area contributed by atoms with E-state index in [0.717, 1.165) is 11.5 Å². The van der Waals surface area contributed by atoms with Gasteiger partial charge in [-0.05, 0) is 37.6 Å². The number of hydrogen-bond donors (Lipinski definition) is 2. The molecule has 0 aliphatic carbocycles. The molecule has 7 heteroatoms. The average molecular weight is 343 g/mol. The minimum atomic E-state index is -0.982. The van der Waals surface area contributed by atoms with Crippen molar-refractivity contribution in [3.8, 4) is 0 Å². The van der Waals surface area contributed by atoms with Gasteiger partial charge in [0.1, 0.15) is 5.76 Å². The number of aromatic nitrogens is 1. The van der Waals surface area contributed by atoms with E-state index in [0.29, 0.717) is 21.5 Å². The number of carbonyl (C=O) groups excluding carboxylic acids is 1. The average Bonchev–Trinajstić information content (AvgIpc) is 2.74. The maximum atomic E-state index is 11.9. The largest absolute Gasteiger partial charge is 0.444 e. The van der Waals surface area contributed by atoms with E-state index < -0.39 is 6.10 Å². The molecule has 22 heavy (non-hydrogen) atoms. The summed E-state index contributed by atoms with van der Waals surface area (Å²) in [5, 5.41) is 13.5. The van der Waals surface area contributed by atoms with E-state index in [9.17, 15) is 9.90 Å². The van der Waals surface area contributed by atoms with Crippen LogP contribution in [0.5, 0.6) is 0 Å². The summed E-state index contributed by atoms with van der Waals surface area (Å²) in [5.74, 6) is 0.832. The number of nitrogens with one attached hydrogen (secondary N) is 1. The van der Waals surface area contributed by atoms with Crippen LogP contribution in [0.1, 0.15) is 35.4 Å². The molecule has 0 aliphatic heterocycles. The molecule has 0 radical (unpaired) electrons. The summed E-state index contributed by atoms with van der Waals surface area (Å²) in [6.45, 7) is 3.81. The van der Waals surface area contributed by atoms with Crippen LogP contribution in [0.25, 0.3) is 0 Å². The number of benzene rings is 1. The fourth-order valence-corrected chi connectivity index (χ4v) is 2.47. The minimum absolute atomic E-state index is 0.102. The summed E-state index contributed by atoms with van der Waals surface area (Å²) in [5.41, 5.74) is 1.29. The Kier molecular flexibility index (Phi) is 5.45. The number of aryl methyl sites for hydroxylation is 2. The highest BCUT2D eigenvalue weighted by atomic mass is 35.5. The van der Waals surface area contributed by atoms with Crippen LogP contribution in [0.15, 0.2) is 22.6 Å². The predicted molar refractivity (Wildman–Crippen MR) is 83.9 cm³/mol. The molecule has 1 aromatic carbocycles. The molecular weight excluding hydrogens is 327 g/mol. The van der Waals surface area contributed by atoms with Crippen molar-refractivity contribution in [2.45, 2.75) is 32.9 Å². The summed E-state index contributed by atoms with van der Waals surface area (Å²) in [6.07, 6.45) is -1.08. The molecule has 0 aliphatic rings. The van der Waals surface area contributed by atoms with E-state index in [4.69, 9.17) is 27.6 Å². The Morgan fingerprint density at radius 1 is 1.32 bits per heavy atom. The van der Waals surface area contributed by atoms with Crippen LogP contribution in [0.2, 0.25) is 10.0 Å². The third kappa shape index (κ3) is 4.47. The van der Waals surface area contributed by atoms with Gasteiger partial charge in [0, 0.05) is 10.0 Å². The summed E-state index contributed by atoms with van der Waals surface area (Å²) < 4.78 is 5.36. The van der Waals surface area contributed by atoms with Crippen molar-refractivity contribution in [2.75, 3.05) is 0 Å². The van der Waals surface area contributed by atoms with E-state index in [1.165, 1.54) is 0 Å². The predicted octanol–water partition coefficient (Wildman–Crippen LogP) is 3.34. The molecule has 1 heterocycles. The third-order valence-electron chi connectivity index (χ3n) is 3.16. The molecule has 0 saturated heterocycles. The van der Waals surface area contributed by atoms with Crippen LogP contribution >= 0.6 is 23.2 Å². The molecule has 0 bridgehead atoms. The topological polar surface area (TPSA) is 75.4 Å². The van der Waals surface area contributed by atoms with Crippen molar-refractivity contribution in [3.05, 3.63) is 51.2 Å². The van der Waals surface area contributed by atoms with Crippen LogP contribution < -0.4 is 5.32 Å². The Morgan fingerprint density at radius 2 is 1.95 bits per heavy atom. The van der Waals surface area contributed by atoms with Crippen LogP contribution in [-0.4, -0.2) is 16.0 Å². The number of nitrogens with zero attached hydrogens (tertiary/aromatic N) is 1. The molecule has 2 aromatic rings. The Hall–Kier alpha value is -1.56. The van der Waals surface area contributed by atoms with Gasteiger partial charge in [0.05, 0.1) is 24.8 Å². The van der Waals surface area contributed by atoms with Crippen molar-refractivity contribution in [2.24, 2.45) is 0 Å². The molecule has 118 valence electrons. The van der Waals surface area contributed by atoms with Crippen molar-refractivity contribution in [1.29, 1.82) is 0 Å². The zero-order valence-electron chi connectivity index (χ0n) is 12.2. The number of aliphatic hydroxyl groups excluding tert-OH is 1. The highest BCUT2D eigenvalue weighted by Gasteiger charge is 2.15. The Balaban J connectivity index is 1.90. The van der Waals surface area contributed by atoms with E-state index in [1.807, 2.05) is 6.92 Å². The number of hydrogen-bond acceptors (Lipinski definition) is 4. The maximum Gasteiger partial charge on any atom is 0.223 e. The van der Waals surface area contributed by atoms with Gasteiger partial charge in [-0.3, -0.25) is 4.79 Å². The number of halogens is 2. The summed E-state index contributed by atoms with van der Waals surface area (Å²) in [6, 6.07) is 4.71. The first kappa shape index (κ1) is 16.8. The van der Waals surface area contributed by atoms with E-state index in [2.05, 4.69) is 10.3 Å². The first-order valence-electron chi connectivity index (χ1n) is 6.69. The van der Waals surface area contributed by atoms with Gasteiger partial charge < -0.3 is 14.8 Å². The fraction of sp³-hybridized carbons (Fsp3) is 0.333. The van der Waals surface area contributed by atoms with Gasteiger partial charge in [-0.1, -0.05) is 23.2 Å². The van der Waals surface area contributed by atoms with Gasteiger partial charge in [-0.2, -0.15) is 0 Å². The molecule has 5 nitrogen and oxygen atoms in total. The SMILES string of the molecule is Cc1nc(CNC(=O)CC(O)c2cc(Cl)cc(Cl)c2)oc1C. The Labute approximate surface area is 138 Å². The van der Waals surface area contributed by atoms with Gasteiger partial charge in [-0.25, -0.2) is 4.98 Å². The molecular formula is C15H16Cl2N2O3. The van der Waals surface area contributed by atoms with E-state index >= 15 is 0 Å². The van der Waals surface area contributed by atoms with Gasteiger partial charge in [0.2, 0.25) is 11.8 Å². The lowest BCUT2D eigenvalue weighted by Crippen LogP contribution is -2.24. The molecule has 0 saturated carbocycles. The highest BCUT2D eigenvalue weighted by Crippen LogP contribution is 2.25. The molecule has 0 spiro atoms. The van der Waals surface area contributed by atoms with Crippen molar-refractivity contribution >= 4 is 29.1 Å². The molecule has 2 N–H and O–H groups in total. The zero-order valence-corrected chi connectivity index (χ0v) is 13.7. The van der Waals surface area contributed by atoms with E-state index in [1.54, 1.807) is 25.1 Å². The van der Waals surface area contributed by atoms with Gasteiger partial charge in [0.15, 0.2) is 0 Å². The van der Waals surface area contributed by atoms with Crippen LogP contribution in [0, 0.1) is 13.8 Å². The first-order valence-corrected chi connectivity index (χ1v) is 7.44. The molecule has 0 fully saturated rings. The second-order valence-corrected chi connectivity index (χ2v) is 5.82. The van der Waals surface area contributed by atoms with Crippen LogP contribution in [0.3, 0.4) is 0 Å². The molecule has 2 rings (SSSR count). The third-order valence-corrected chi connectivity index (χ3v) is 3.59. The number of carbonyl (C=O) groups is 1. The maximum absolute atomic E-state index is 11.9.